The SMILES string of the molecule is Cc1ccc(-c2cccc3c(C(=O)N4CCC5(CC4)OCCO5)cc(C)nc23)cc1. The number of pyridine rings is 1. The summed E-state index contributed by atoms with van der Waals surface area (Å²) in [4.78, 5) is 20.2. The van der Waals surface area contributed by atoms with Gasteiger partial charge in [-0.25, -0.2) is 0 Å². The molecule has 3 heterocycles. The highest BCUT2D eigenvalue weighted by Crippen LogP contribution is 2.34. The molecule has 3 aromatic rings. The summed E-state index contributed by atoms with van der Waals surface area (Å²) in [6.45, 7) is 6.59. The summed E-state index contributed by atoms with van der Waals surface area (Å²) in [6, 6.07) is 16.4. The molecule has 0 unspecified atom stereocenters. The zero-order chi connectivity index (χ0) is 20.7. The Labute approximate surface area is 176 Å². The second-order valence-electron chi connectivity index (χ2n) is 8.28. The van der Waals surface area contributed by atoms with E-state index in [0.29, 0.717) is 26.3 Å². The number of hydrogen-bond acceptors (Lipinski definition) is 4. The lowest BCUT2D eigenvalue weighted by Gasteiger charge is -2.37. The monoisotopic (exact) mass is 402 g/mol. The molecule has 5 nitrogen and oxygen atoms in total. The van der Waals surface area contributed by atoms with Crippen LogP contribution < -0.4 is 0 Å². The van der Waals surface area contributed by atoms with E-state index in [-0.39, 0.29) is 5.91 Å². The maximum absolute atomic E-state index is 13.5. The molecule has 2 aliphatic rings. The van der Waals surface area contributed by atoms with Gasteiger partial charge in [-0.1, -0.05) is 48.0 Å². The lowest BCUT2D eigenvalue weighted by atomic mass is 9.97. The van der Waals surface area contributed by atoms with Crippen LogP contribution in [0.3, 0.4) is 0 Å². The van der Waals surface area contributed by atoms with Crippen molar-refractivity contribution < 1.29 is 14.3 Å². The van der Waals surface area contributed by atoms with Gasteiger partial charge in [0.15, 0.2) is 5.79 Å². The van der Waals surface area contributed by atoms with Crippen molar-refractivity contribution in [2.75, 3.05) is 26.3 Å². The van der Waals surface area contributed by atoms with Crippen LogP contribution in [0.5, 0.6) is 0 Å². The third-order valence-electron chi connectivity index (χ3n) is 6.19. The minimum atomic E-state index is -0.481. The summed E-state index contributed by atoms with van der Waals surface area (Å²) in [7, 11) is 0. The summed E-state index contributed by atoms with van der Waals surface area (Å²) >= 11 is 0. The first-order chi connectivity index (χ1) is 14.5. The van der Waals surface area contributed by atoms with Crippen LogP contribution in [0.2, 0.25) is 0 Å². The van der Waals surface area contributed by atoms with E-state index in [2.05, 4.69) is 37.3 Å². The van der Waals surface area contributed by atoms with Crippen molar-refractivity contribution in [3.63, 3.8) is 0 Å². The van der Waals surface area contributed by atoms with Crippen molar-refractivity contribution in [1.29, 1.82) is 0 Å². The fourth-order valence-corrected chi connectivity index (χ4v) is 4.53. The Bertz CT molecular complexity index is 1090. The zero-order valence-electron chi connectivity index (χ0n) is 17.5. The minimum Gasteiger partial charge on any atom is -0.347 e. The number of nitrogens with zero attached hydrogens (tertiary/aromatic N) is 2. The third kappa shape index (κ3) is 3.38. The largest absolute Gasteiger partial charge is 0.347 e. The molecule has 5 rings (SSSR count). The average Bonchev–Trinajstić information content (AvgIpc) is 3.21. The number of hydrogen-bond donors (Lipinski definition) is 0. The van der Waals surface area contributed by atoms with Crippen LogP contribution in [-0.4, -0.2) is 47.9 Å². The Kier molecular flexibility index (Phi) is 4.80. The van der Waals surface area contributed by atoms with Crippen molar-refractivity contribution >= 4 is 16.8 Å². The highest BCUT2D eigenvalue weighted by Gasteiger charge is 2.41. The van der Waals surface area contributed by atoms with Gasteiger partial charge in [-0.3, -0.25) is 9.78 Å². The van der Waals surface area contributed by atoms with E-state index in [9.17, 15) is 4.79 Å². The molecule has 0 saturated carbocycles. The van der Waals surface area contributed by atoms with E-state index in [1.54, 1.807) is 0 Å². The molecule has 30 heavy (non-hydrogen) atoms. The molecule has 1 amide bonds. The van der Waals surface area contributed by atoms with Gasteiger partial charge in [0.2, 0.25) is 0 Å². The van der Waals surface area contributed by atoms with E-state index >= 15 is 0 Å². The van der Waals surface area contributed by atoms with Gasteiger partial charge in [0.25, 0.3) is 5.91 Å². The number of rotatable bonds is 2. The molecule has 2 fully saturated rings. The normalized spacial score (nSPS) is 18.3. The van der Waals surface area contributed by atoms with Crippen molar-refractivity contribution in [2.24, 2.45) is 0 Å². The van der Waals surface area contributed by atoms with Crippen molar-refractivity contribution in [3.8, 4) is 11.1 Å². The van der Waals surface area contributed by atoms with Crippen LogP contribution in [0.25, 0.3) is 22.0 Å². The predicted octanol–water partition coefficient (Wildman–Crippen LogP) is 4.50. The van der Waals surface area contributed by atoms with Crippen molar-refractivity contribution in [1.82, 2.24) is 9.88 Å². The van der Waals surface area contributed by atoms with Crippen LogP contribution >= 0.6 is 0 Å². The third-order valence-corrected chi connectivity index (χ3v) is 6.19. The van der Waals surface area contributed by atoms with Gasteiger partial charge in [0.1, 0.15) is 0 Å². The molecule has 0 atom stereocenters. The Morgan fingerprint density at radius 2 is 1.70 bits per heavy atom. The minimum absolute atomic E-state index is 0.0550. The first kappa shape index (κ1) is 19.2. The Balaban J connectivity index is 1.51. The molecule has 0 bridgehead atoms. The van der Waals surface area contributed by atoms with Gasteiger partial charge in [-0.15, -0.1) is 0 Å². The second kappa shape index (κ2) is 7.49. The maximum Gasteiger partial charge on any atom is 0.254 e. The maximum atomic E-state index is 13.5. The van der Waals surface area contributed by atoms with E-state index < -0.39 is 5.79 Å². The summed E-state index contributed by atoms with van der Waals surface area (Å²) in [5, 5.41) is 0.900. The van der Waals surface area contributed by atoms with Gasteiger partial charge in [-0.05, 0) is 25.5 Å². The molecule has 0 N–H and O–H groups in total. The highest BCUT2D eigenvalue weighted by molar-refractivity contribution is 6.09. The van der Waals surface area contributed by atoms with Crippen LogP contribution in [0, 0.1) is 13.8 Å². The van der Waals surface area contributed by atoms with E-state index in [4.69, 9.17) is 14.5 Å². The number of carbonyl (C=O) groups excluding carboxylic acids is 1. The number of amides is 1. The molecule has 2 aliphatic heterocycles. The number of aromatic nitrogens is 1. The zero-order valence-corrected chi connectivity index (χ0v) is 17.5. The lowest BCUT2D eigenvalue weighted by Crippen LogP contribution is -2.47. The van der Waals surface area contributed by atoms with Crippen LogP contribution in [-0.2, 0) is 9.47 Å². The van der Waals surface area contributed by atoms with Gasteiger partial charge in [-0.2, -0.15) is 0 Å². The number of para-hydroxylation sites is 1. The number of piperidine rings is 1. The molecular weight excluding hydrogens is 376 g/mol. The van der Waals surface area contributed by atoms with Crippen molar-refractivity contribution in [3.05, 3.63) is 65.4 Å². The van der Waals surface area contributed by atoms with Crippen LogP contribution in [0.4, 0.5) is 0 Å². The first-order valence-electron chi connectivity index (χ1n) is 10.6. The predicted molar refractivity (Wildman–Crippen MR) is 116 cm³/mol. The molecule has 2 aromatic carbocycles. The van der Waals surface area contributed by atoms with E-state index in [0.717, 1.165) is 46.1 Å². The molecule has 154 valence electrons. The topological polar surface area (TPSA) is 51.7 Å². The lowest BCUT2D eigenvalue weighted by molar-refractivity contribution is -0.181. The molecular formula is C25H26N2O3. The Hall–Kier alpha value is -2.76. The molecule has 1 spiro atoms. The summed E-state index contributed by atoms with van der Waals surface area (Å²) < 4.78 is 11.6. The Morgan fingerprint density at radius 3 is 2.40 bits per heavy atom. The first-order valence-corrected chi connectivity index (χ1v) is 10.6. The highest BCUT2D eigenvalue weighted by atomic mass is 16.7. The number of fused-ring (bicyclic) bond motifs is 1. The molecule has 2 saturated heterocycles. The fourth-order valence-electron chi connectivity index (χ4n) is 4.53. The molecule has 0 aliphatic carbocycles. The van der Waals surface area contributed by atoms with Crippen molar-refractivity contribution in [2.45, 2.75) is 32.5 Å². The smallest absolute Gasteiger partial charge is 0.254 e. The Morgan fingerprint density at radius 1 is 1.00 bits per heavy atom. The van der Waals surface area contributed by atoms with Gasteiger partial charge < -0.3 is 14.4 Å². The number of benzene rings is 2. The quantitative estimate of drug-likeness (QED) is 0.633. The standard InChI is InChI=1S/C25H26N2O3/c1-17-6-8-19(9-7-17)20-4-3-5-21-22(16-18(2)26-23(20)21)24(28)27-12-10-25(11-13-27)29-14-15-30-25/h3-9,16H,10-15H2,1-2H3. The van der Waals surface area contributed by atoms with Gasteiger partial charge in [0.05, 0.1) is 24.3 Å². The number of likely N-dealkylation sites (tertiary alicyclic amines) is 1. The molecule has 1 aromatic heterocycles. The number of aryl methyl sites for hydroxylation is 2. The summed E-state index contributed by atoms with van der Waals surface area (Å²) in [5.41, 5.74) is 5.82. The molecule has 5 heteroatoms. The van der Waals surface area contributed by atoms with Gasteiger partial charge >= 0.3 is 0 Å². The number of carbonyl (C=O) groups is 1. The van der Waals surface area contributed by atoms with Crippen LogP contribution in [0.15, 0.2) is 48.5 Å². The van der Waals surface area contributed by atoms with E-state index in [1.165, 1.54) is 5.56 Å². The van der Waals surface area contributed by atoms with Gasteiger partial charge in [0, 0.05) is 42.6 Å². The summed E-state index contributed by atoms with van der Waals surface area (Å²) in [6.07, 6.45) is 1.44. The van der Waals surface area contributed by atoms with Crippen LogP contribution in [0.1, 0.15) is 34.5 Å². The fraction of sp³-hybridized carbons (Fsp3) is 0.360. The second-order valence-corrected chi connectivity index (χ2v) is 8.28. The average molecular weight is 402 g/mol. The van der Waals surface area contributed by atoms with E-state index in [1.807, 2.05) is 30.0 Å². The molecule has 0 radical (unpaired) electrons. The summed E-state index contributed by atoms with van der Waals surface area (Å²) in [5.74, 6) is -0.426. The number of ether oxygens (including phenoxy) is 2.